The molecule has 0 aliphatic rings. The lowest BCUT2D eigenvalue weighted by atomic mass is 10.1. The number of benzene rings is 1. The molecule has 0 N–H and O–H groups in total. The summed E-state index contributed by atoms with van der Waals surface area (Å²) in [5.41, 5.74) is -0.637. The number of rotatable bonds is 3. The minimum absolute atomic E-state index is 0.0498. The summed E-state index contributed by atoms with van der Waals surface area (Å²) < 4.78 is 42.2. The molecule has 20 heavy (non-hydrogen) atoms. The molecule has 104 valence electrons. The normalized spacial score (nSPS) is 11.2. The van der Waals surface area contributed by atoms with Crippen molar-refractivity contribution in [2.75, 3.05) is 7.11 Å². The number of pyridine rings is 1. The van der Waals surface area contributed by atoms with Gasteiger partial charge in [-0.2, -0.15) is 13.2 Å². The molecule has 0 fully saturated rings. The first kappa shape index (κ1) is 14.0. The van der Waals surface area contributed by atoms with E-state index in [0.29, 0.717) is 17.5 Å². The Morgan fingerprint density at radius 1 is 1.20 bits per heavy atom. The van der Waals surface area contributed by atoms with Gasteiger partial charge in [0.05, 0.1) is 12.7 Å². The number of carbonyl (C=O) groups excluding carboxylic acids is 1. The van der Waals surface area contributed by atoms with Gasteiger partial charge in [-0.3, -0.25) is 9.78 Å². The van der Waals surface area contributed by atoms with E-state index in [1.165, 1.54) is 13.2 Å². The molecular formula is C14H10F3NO2. The minimum Gasteiger partial charge on any atom is -0.497 e. The predicted molar refractivity (Wildman–Crippen MR) is 65.7 cm³/mol. The highest BCUT2D eigenvalue weighted by atomic mass is 19.4. The van der Waals surface area contributed by atoms with Crippen molar-refractivity contribution in [2.45, 2.75) is 6.18 Å². The summed E-state index contributed by atoms with van der Waals surface area (Å²) in [5.74, 6) is 0.0281. The maximum atomic E-state index is 12.4. The van der Waals surface area contributed by atoms with E-state index >= 15 is 0 Å². The van der Waals surface area contributed by atoms with Gasteiger partial charge in [-0.05, 0) is 24.3 Å². The van der Waals surface area contributed by atoms with E-state index in [2.05, 4.69) is 4.98 Å². The Kier molecular flexibility index (Phi) is 3.74. The Balaban J connectivity index is 2.29. The average molecular weight is 281 g/mol. The van der Waals surface area contributed by atoms with Crippen LogP contribution in [0.4, 0.5) is 13.2 Å². The fraction of sp³-hybridized carbons (Fsp3) is 0.143. The van der Waals surface area contributed by atoms with Gasteiger partial charge in [-0.15, -0.1) is 0 Å². The van der Waals surface area contributed by atoms with Crippen LogP contribution < -0.4 is 4.74 Å². The van der Waals surface area contributed by atoms with Gasteiger partial charge in [-0.25, -0.2) is 0 Å². The van der Waals surface area contributed by atoms with Crippen molar-refractivity contribution in [3.8, 4) is 5.75 Å². The molecule has 3 nitrogen and oxygen atoms in total. The zero-order valence-electron chi connectivity index (χ0n) is 10.4. The molecule has 1 aromatic heterocycles. The Hall–Kier alpha value is -2.37. The Morgan fingerprint density at radius 3 is 2.50 bits per heavy atom. The van der Waals surface area contributed by atoms with Gasteiger partial charge in [-0.1, -0.05) is 12.1 Å². The first-order valence-corrected chi connectivity index (χ1v) is 5.64. The topological polar surface area (TPSA) is 39.2 Å². The molecule has 0 saturated heterocycles. The van der Waals surface area contributed by atoms with Crippen LogP contribution in [0.2, 0.25) is 0 Å². The van der Waals surface area contributed by atoms with Gasteiger partial charge in [0.1, 0.15) is 11.4 Å². The molecule has 6 heteroatoms. The first-order chi connectivity index (χ1) is 9.41. The largest absolute Gasteiger partial charge is 0.497 e. The Labute approximate surface area is 113 Å². The van der Waals surface area contributed by atoms with Crippen LogP contribution in [0.1, 0.15) is 21.6 Å². The van der Waals surface area contributed by atoms with E-state index in [4.69, 9.17) is 4.74 Å². The molecule has 0 aliphatic carbocycles. The molecule has 0 saturated carbocycles. The zero-order valence-corrected chi connectivity index (χ0v) is 10.4. The standard InChI is InChI=1S/C14H10F3NO2/c1-20-11-4-2-3-9(7-11)13(19)12-6-5-10(8-18-12)14(15,16)17/h2-8H,1H3. The monoisotopic (exact) mass is 281 g/mol. The molecule has 0 unspecified atom stereocenters. The van der Waals surface area contributed by atoms with Crippen molar-refractivity contribution in [2.24, 2.45) is 0 Å². The zero-order chi connectivity index (χ0) is 14.8. The maximum Gasteiger partial charge on any atom is 0.417 e. The molecule has 0 aliphatic heterocycles. The second-order valence-electron chi connectivity index (χ2n) is 3.99. The number of alkyl halides is 3. The summed E-state index contributed by atoms with van der Waals surface area (Å²) in [6.45, 7) is 0. The molecule has 1 heterocycles. The number of hydrogen-bond acceptors (Lipinski definition) is 3. The van der Waals surface area contributed by atoms with Gasteiger partial charge < -0.3 is 4.74 Å². The van der Waals surface area contributed by atoms with Crippen LogP contribution in [-0.2, 0) is 6.18 Å². The highest BCUT2D eigenvalue weighted by Gasteiger charge is 2.30. The predicted octanol–water partition coefficient (Wildman–Crippen LogP) is 3.34. The number of halogens is 3. The van der Waals surface area contributed by atoms with Gasteiger partial charge in [0.15, 0.2) is 0 Å². The third kappa shape index (κ3) is 2.96. The number of ether oxygens (including phenoxy) is 1. The molecule has 0 atom stereocenters. The fourth-order valence-corrected chi connectivity index (χ4v) is 1.61. The maximum absolute atomic E-state index is 12.4. The molecule has 2 rings (SSSR count). The molecule has 0 spiro atoms. The van der Waals surface area contributed by atoms with E-state index in [9.17, 15) is 18.0 Å². The van der Waals surface area contributed by atoms with Gasteiger partial charge in [0.25, 0.3) is 0 Å². The van der Waals surface area contributed by atoms with Crippen molar-refractivity contribution in [1.29, 1.82) is 0 Å². The highest BCUT2D eigenvalue weighted by Crippen LogP contribution is 2.28. The van der Waals surface area contributed by atoms with Crippen molar-refractivity contribution < 1.29 is 22.7 Å². The van der Waals surface area contributed by atoms with Gasteiger partial charge >= 0.3 is 6.18 Å². The Bertz CT molecular complexity index is 621. The Morgan fingerprint density at radius 2 is 1.95 bits per heavy atom. The van der Waals surface area contributed by atoms with Crippen LogP contribution in [0, 0.1) is 0 Å². The number of methoxy groups -OCH3 is 1. The fourth-order valence-electron chi connectivity index (χ4n) is 1.61. The lowest BCUT2D eigenvalue weighted by molar-refractivity contribution is -0.137. The number of nitrogens with zero attached hydrogens (tertiary/aromatic N) is 1. The van der Waals surface area contributed by atoms with Crippen LogP contribution in [0.25, 0.3) is 0 Å². The van der Waals surface area contributed by atoms with Crippen LogP contribution in [0.15, 0.2) is 42.6 Å². The van der Waals surface area contributed by atoms with Crippen molar-refractivity contribution in [3.63, 3.8) is 0 Å². The first-order valence-electron chi connectivity index (χ1n) is 5.64. The van der Waals surface area contributed by atoms with E-state index < -0.39 is 17.5 Å². The van der Waals surface area contributed by atoms with Crippen LogP contribution in [0.5, 0.6) is 5.75 Å². The lowest BCUT2D eigenvalue weighted by Crippen LogP contribution is -2.09. The van der Waals surface area contributed by atoms with Crippen LogP contribution in [-0.4, -0.2) is 17.9 Å². The SMILES string of the molecule is COc1cccc(C(=O)c2ccc(C(F)(F)F)cn2)c1. The number of carbonyl (C=O) groups is 1. The molecule has 1 aromatic carbocycles. The van der Waals surface area contributed by atoms with Crippen molar-refractivity contribution in [1.82, 2.24) is 4.98 Å². The molecule has 0 radical (unpaired) electrons. The van der Waals surface area contributed by atoms with E-state index in [1.807, 2.05) is 0 Å². The highest BCUT2D eigenvalue weighted by molar-refractivity contribution is 6.07. The number of ketones is 1. The average Bonchev–Trinajstić information content (AvgIpc) is 2.46. The third-order valence-corrected chi connectivity index (χ3v) is 2.66. The molecule has 0 amide bonds. The smallest absolute Gasteiger partial charge is 0.417 e. The summed E-state index contributed by atoms with van der Waals surface area (Å²) in [6, 6.07) is 8.23. The molecule has 2 aromatic rings. The number of aromatic nitrogens is 1. The lowest BCUT2D eigenvalue weighted by Gasteiger charge is -2.07. The van der Waals surface area contributed by atoms with Crippen molar-refractivity contribution >= 4 is 5.78 Å². The van der Waals surface area contributed by atoms with Gasteiger partial charge in [0, 0.05) is 11.8 Å². The van der Waals surface area contributed by atoms with E-state index in [0.717, 1.165) is 12.1 Å². The molecule has 0 bridgehead atoms. The summed E-state index contributed by atoms with van der Waals surface area (Å²) in [4.78, 5) is 15.6. The third-order valence-electron chi connectivity index (χ3n) is 2.66. The molecular weight excluding hydrogens is 271 g/mol. The summed E-state index contributed by atoms with van der Waals surface area (Å²) in [7, 11) is 1.46. The quantitative estimate of drug-likeness (QED) is 0.810. The van der Waals surface area contributed by atoms with Crippen LogP contribution >= 0.6 is 0 Å². The van der Waals surface area contributed by atoms with Crippen molar-refractivity contribution in [3.05, 3.63) is 59.4 Å². The van der Waals surface area contributed by atoms with E-state index in [1.54, 1.807) is 18.2 Å². The minimum atomic E-state index is -4.47. The summed E-state index contributed by atoms with van der Waals surface area (Å²) in [5, 5.41) is 0. The van der Waals surface area contributed by atoms with E-state index in [-0.39, 0.29) is 5.69 Å². The summed E-state index contributed by atoms with van der Waals surface area (Å²) in [6.07, 6.45) is -3.82. The van der Waals surface area contributed by atoms with Crippen LogP contribution in [0.3, 0.4) is 0 Å². The summed E-state index contributed by atoms with van der Waals surface area (Å²) >= 11 is 0. The second kappa shape index (κ2) is 5.32. The van der Waals surface area contributed by atoms with Gasteiger partial charge in [0.2, 0.25) is 5.78 Å². The second-order valence-corrected chi connectivity index (χ2v) is 3.99. The number of hydrogen-bond donors (Lipinski definition) is 0.